The lowest BCUT2D eigenvalue weighted by atomic mass is 10.1. The monoisotopic (exact) mass is 128 g/mol. The molecular weight excluding hydrogens is 116 g/mol. The van der Waals surface area contributed by atoms with Crippen LogP contribution in [0, 0.1) is 5.92 Å². The summed E-state index contributed by atoms with van der Waals surface area (Å²) < 4.78 is 10.1. The van der Waals surface area contributed by atoms with Crippen LogP contribution in [-0.2, 0) is 9.47 Å². The third-order valence-corrected chi connectivity index (χ3v) is 1.54. The second-order valence-corrected chi connectivity index (χ2v) is 2.27. The van der Waals surface area contributed by atoms with E-state index in [4.69, 9.17) is 9.47 Å². The van der Waals surface area contributed by atoms with E-state index in [1.165, 1.54) is 0 Å². The van der Waals surface area contributed by atoms with Gasteiger partial charge in [0.1, 0.15) is 0 Å². The Morgan fingerprint density at radius 1 is 1.56 bits per heavy atom. The van der Waals surface area contributed by atoms with Crippen molar-refractivity contribution in [2.75, 3.05) is 13.2 Å². The maximum atomic E-state index is 5.06. The summed E-state index contributed by atoms with van der Waals surface area (Å²) in [6, 6.07) is 0. The summed E-state index contributed by atoms with van der Waals surface area (Å²) in [7, 11) is 0. The molecule has 0 aliphatic carbocycles. The smallest absolute Gasteiger partial charge is 0.271 e. The van der Waals surface area contributed by atoms with E-state index in [0.717, 1.165) is 19.6 Å². The molecule has 0 atom stereocenters. The van der Waals surface area contributed by atoms with Gasteiger partial charge >= 0.3 is 0 Å². The van der Waals surface area contributed by atoms with E-state index in [-0.39, 0.29) is 0 Å². The molecule has 0 aromatic rings. The molecule has 0 unspecified atom stereocenters. The molecular formula is C7H12O2. The molecule has 0 saturated carbocycles. The highest BCUT2D eigenvalue weighted by Crippen LogP contribution is 2.14. The van der Waals surface area contributed by atoms with Crippen LogP contribution < -0.4 is 0 Å². The van der Waals surface area contributed by atoms with Crippen molar-refractivity contribution < 1.29 is 9.47 Å². The van der Waals surface area contributed by atoms with Crippen molar-refractivity contribution in [3.63, 3.8) is 0 Å². The van der Waals surface area contributed by atoms with E-state index in [1.807, 2.05) is 0 Å². The normalized spacial score (nSPS) is 20.8. The van der Waals surface area contributed by atoms with Gasteiger partial charge in [0.05, 0.1) is 13.2 Å². The van der Waals surface area contributed by atoms with E-state index < -0.39 is 0 Å². The Morgan fingerprint density at radius 3 is 2.56 bits per heavy atom. The quantitative estimate of drug-likeness (QED) is 0.533. The maximum absolute atomic E-state index is 5.06. The Kier molecular flexibility index (Phi) is 1.98. The van der Waals surface area contributed by atoms with Crippen molar-refractivity contribution in [2.24, 2.45) is 5.92 Å². The molecule has 0 N–H and O–H groups in total. The highest BCUT2D eigenvalue weighted by Gasteiger charge is 2.14. The third kappa shape index (κ3) is 1.63. The van der Waals surface area contributed by atoms with Gasteiger partial charge in [0, 0.05) is 5.92 Å². The van der Waals surface area contributed by atoms with Crippen molar-refractivity contribution in [1.29, 1.82) is 0 Å². The maximum Gasteiger partial charge on any atom is 0.271 e. The summed E-state index contributed by atoms with van der Waals surface area (Å²) in [5, 5.41) is 0. The Bertz CT molecular complexity index is 99.5. The van der Waals surface area contributed by atoms with Crippen molar-refractivity contribution in [2.45, 2.75) is 13.3 Å². The Morgan fingerprint density at radius 2 is 2.11 bits per heavy atom. The molecule has 1 aliphatic heterocycles. The van der Waals surface area contributed by atoms with Crippen LogP contribution >= 0.6 is 0 Å². The number of hydrogen-bond donors (Lipinski definition) is 0. The minimum absolute atomic E-state index is 0.472. The minimum atomic E-state index is 0.472. The number of rotatable bonds is 1. The van der Waals surface area contributed by atoms with E-state index >= 15 is 0 Å². The summed E-state index contributed by atoms with van der Waals surface area (Å²) in [4.78, 5) is 0. The van der Waals surface area contributed by atoms with E-state index in [2.05, 4.69) is 13.5 Å². The fourth-order valence-corrected chi connectivity index (χ4v) is 0.747. The molecule has 2 heteroatoms. The van der Waals surface area contributed by atoms with Gasteiger partial charge in [-0.05, 0) is 13.0 Å². The van der Waals surface area contributed by atoms with Crippen LogP contribution in [0.25, 0.3) is 0 Å². The van der Waals surface area contributed by atoms with Crippen molar-refractivity contribution in [1.82, 2.24) is 0 Å². The number of ether oxygens (including phenoxy) is 2. The summed E-state index contributed by atoms with van der Waals surface area (Å²) in [6.07, 6.45) is 1.12. The Labute approximate surface area is 55.5 Å². The average molecular weight is 128 g/mol. The first kappa shape index (κ1) is 6.46. The van der Waals surface area contributed by atoms with Crippen molar-refractivity contribution >= 4 is 0 Å². The summed E-state index contributed by atoms with van der Waals surface area (Å²) in [6.45, 7) is 7.22. The lowest BCUT2D eigenvalue weighted by molar-refractivity contribution is -0.0495. The lowest BCUT2D eigenvalue weighted by Gasteiger charge is -2.23. The molecule has 2 nitrogen and oxygen atoms in total. The molecule has 0 aromatic heterocycles. The Hall–Kier alpha value is -0.660. The van der Waals surface area contributed by atoms with Crippen LogP contribution in [0.5, 0.6) is 0 Å². The first-order valence-corrected chi connectivity index (χ1v) is 3.27. The zero-order valence-corrected chi connectivity index (χ0v) is 5.72. The molecule has 1 rings (SSSR count). The predicted molar refractivity (Wildman–Crippen MR) is 34.8 cm³/mol. The second kappa shape index (κ2) is 2.76. The molecule has 0 bridgehead atoms. The molecule has 1 saturated heterocycles. The molecule has 0 amide bonds. The van der Waals surface area contributed by atoms with Gasteiger partial charge in [0.15, 0.2) is 0 Å². The fourth-order valence-electron chi connectivity index (χ4n) is 0.747. The molecule has 0 radical (unpaired) electrons. The zero-order chi connectivity index (χ0) is 6.69. The second-order valence-electron chi connectivity index (χ2n) is 2.27. The first-order valence-electron chi connectivity index (χ1n) is 3.27. The minimum Gasteiger partial charge on any atom is -0.465 e. The van der Waals surface area contributed by atoms with Crippen LogP contribution in [0.1, 0.15) is 13.3 Å². The highest BCUT2D eigenvalue weighted by molar-refractivity contribution is 4.74. The van der Waals surface area contributed by atoms with Crippen LogP contribution in [0.15, 0.2) is 12.5 Å². The third-order valence-electron chi connectivity index (χ3n) is 1.54. The van der Waals surface area contributed by atoms with Gasteiger partial charge in [-0.3, -0.25) is 0 Å². The van der Waals surface area contributed by atoms with Crippen molar-refractivity contribution in [3.05, 3.63) is 12.5 Å². The predicted octanol–water partition coefficient (Wildman–Crippen LogP) is 1.53. The van der Waals surface area contributed by atoms with Gasteiger partial charge in [-0.1, -0.05) is 6.92 Å². The average Bonchev–Trinajstić information content (AvgIpc) is 1.90. The molecule has 1 fully saturated rings. The summed E-state index contributed by atoms with van der Waals surface area (Å²) in [5.41, 5.74) is 0. The standard InChI is InChI=1S/C7H12O2/c1-3-7-4-8-6(2)9-5-7/h7H,2-5H2,1H3. The van der Waals surface area contributed by atoms with Crippen LogP contribution in [-0.4, -0.2) is 13.2 Å². The van der Waals surface area contributed by atoms with E-state index in [0.29, 0.717) is 11.9 Å². The molecule has 0 spiro atoms. The molecule has 1 aliphatic rings. The molecule has 1 heterocycles. The lowest BCUT2D eigenvalue weighted by Crippen LogP contribution is -2.21. The molecule has 52 valence electrons. The van der Waals surface area contributed by atoms with E-state index in [1.54, 1.807) is 0 Å². The molecule has 9 heavy (non-hydrogen) atoms. The van der Waals surface area contributed by atoms with Gasteiger partial charge < -0.3 is 9.47 Å². The largest absolute Gasteiger partial charge is 0.465 e. The van der Waals surface area contributed by atoms with Crippen LogP contribution in [0.4, 0.5) is 0 Å². The molecule has 0 aromatic carbocycles. The topological polar surface area (TPSA) is 18.5 Å². The van der Waals surface area contributed by atoms with Gasteiger partial charge in [0.2, 0.25) is 0 Å². The van der Waals surface area contributed by atoms with Gasteiger partial charge in [-0.15, -0.1) is 0 Å². The van der Waals surface area contributed by atoms with Crippen LogP contribution in [0.2, 0.25) is 0 Å². The summed E-state index contributed by atoms with van der Waals surface area (Å²) >= 11 is 0. The number of hydrogen-bond acceptors (Lipinski definition) is 2. The van der Waals surface area contributed by atoms with Gasteiger partial charge in [-0.2, -0.15) is 0 Å². The zero-order valence-electron chi connectivity index (χ0n) is 5.72. The summed E-state index contributed by atoms with van der Waals surface area (Å²) in [5.74, 6) is 1.04. The van der Waals surface area contributed by atoms with Crippen molar-refractivity contribution in [3.8, 4) is 0 Å². The van der Waals surface area contributed by atoms with Gasteiger partial charge in [0.25, 0.3) is 5.95 Å². The van der Waals surface area contributed by atoms with E-state index in [9.17, 15) is 0 Å². The SMILES string of the molecule is C=C1OCC(CC)CO1. The fraction of sp³-hybridized carbons (Fsp3) is 0.714. The highest BCUT2D eigenvalue weighted by atomic mass is 16.7. The van der Waals surface area contributed by atoms with Gasteiger partial charge in [-0.25, -0.2) is 0 Å². The first-order chi connectivity index (χ1) is 4.33. The van der Waals surface area contributed by atoms with Crippen LogP contribution in [0.3, 0.4) is 0 Å². The Balaban J connectivity index is 2.26.